The number of sulfonamides is 1. The van der Waals surface area contributed by atoms with Crippen molar-refractivity contribution in [2.75, 3.05) is 4.72 Å². The molecule has 3 aromatic rings. The number of benzene rings is 3. The van der Waals surface area contributed by atoms with E-state index in [2.05, 4.69) is 28.2 Å². The fourth-order valence-corrected chi connectivity index (χ4v) is 5.93. The highest BCUT2D eigenvalue weighted by atomic mass is 35.5. The summed E-state index contributed by atoms with van der Waals surface area (Å²) in [5.41, 5.74) is 6.20. The number of hydrogen-bond donors (Lipinski definition) is 2. The van der Waals surface area contributed by atoms with Gasteiger partial charge in [-0.15, -0.1) is 0 Å². The molecule has 1 aliphatic carbocycles. The Morgan fingerprint density at radius 2 is 1.68 bits per heavy atom. The molecule has 0 fully saturated rings. The van der Waals surface area contributed by atoms with Crippen LogP contribution in [0.4, 0.5) is 5.69 Å². The van der Waals surface area contributed by atoms with Crippen molar-refractivity contribution in [1.82, 2.24) is 5.32 Å². The molecule has 0 unspecified atom stereocenters. The summed E-state index contributed by atoms with van der Waals surface area (Å²) in [6.07, 6.45) is 4.58. The zero-order valence-corrected chi connectivity index (χ0v) is 21.2. The van der Waals surface area contributed by atoms with Crippen molar-refractivity contribution in [2.24, 2.45) is 0 Å². The standard InChI is InChI=1S/C27H29ClN2O3S/c1-17-8-9-18(2)25(14-17)30-34(32,33)26-16-23(12-13-24(26)28)27(31)29-19(3)21-11-10-20-6-4-5-7-22(20)15-21/h8-16,19,30H,4-7H2,1-3H3,(H,29,31)/t19-/m1/s1. The van der Waals surface area contributed by atoms with Gasteiger partial charge < -0.3 is 5.32 Å². The average molecular weight is 497 g/mol. The molecule has 0 saturated heterocycles. The van der Waals surface area contributed by atoms with E-state index in [4.69, 9.17) is 11.6 Å². The first-order valence-corrected chi connectivity index (χ1v) is 13.3. The van der Waals surface area contributed by atoms with Gasteiger partial charge in [0.05, 0.1) is 16.8 Å². The number of fused-ring (bicyclic) bond motifs is 1. The van der Waals surface area contributed by atoms with Gasteiger partial charge in [-0.2, -0.15) is 0 Å². The summed E-state index contributed by atoms with van der Waals surface area (Å²) in [7, 11) is -3.99. The Labute approximate surface area is 206 Å². The van der Waals surface area contributed by atoms with Crippen LogP contribution in [0.15, 0.2) is 59.5 Å². The molecular formula is C27H29ClN2O3S. The van der Waals surface area contributed by atoms with Gasteiger partial charge >= 0.3 is 0 Å². The highest BCUT2D eigenvalue weighted by molar-refractivity contribution is 7.92. The van der Waals surface area contributed by atoms with Crippen molar-refractivity contribution in [3.8, 4) is 0 Å². The summed E-state index contributed by atoms with van der Waals surface area (Å²) in [5, 5.41) is 3.04. The first-order chi connectivity index (χ1) is 16.1. The second-order valence-corrected chi connectivity index (χ2v) is 11.1. The fourth-order valence-electron chi connectivity index (χ4n) is 4.28. The van der Waals surface area contributed by atoms with Crippen LogP contribution in [0.3, 0.4) is 0 Å². The summed E-state index contributed by atoms with van der Waals surface area (Å²) in [4.78, 5) is 12.9. The van der Waals surface area contributed by atoms with E-state index < -0.39 is 10.0 Å². The number of rotatable bonds is 6. The summed E-state index contributed by atoms with van der Waals surface area (Å²) in [6, 6.07) is 16.0. The molecule has 0 aliphatic heterocycles. The quantitative estimate of drug-likeness (QED) is 0.431. The molecule has 1 atom stereocenters. The molecule has 1 amide bonds. The largest absolute Gasteiger partial charge is 0.346 e. The number of hydrogen-bond acceptors (Lipinski definition) is 3. The molecule has 0 spiro atoms. The Kier molecular flexibility index (Phi) is 7.01. The van der Waals surface area contributed by atoms with E-state index in [9.17, 15) is 13.2 Å². The third-order valence-corrected chi connectivity index (χ3v) is 8.19. The van der Waals surface area contributed by atoms with Gasteiger partial charge in [0.25, 0.3) is 15.9 Å². The van der Waals surface area contributed by atoms with Crippen LogP contribution in [-0.2, 0) is 22.9 Å². The molecule has 0 radical (unpaired) electrons. The molecule has 7 heteroatoms. The number of aryl methyl sites for hydroxylation is 4. The van der Waals surface area contributed by atoms with Gasteiger partial charge in [-0.3, -0.25) is 9.52 Å². The van der Waals surface area contributed by atoms with E-state index in [-0.39, 0.29) is 27.4 Å². The number of amides is 1. The predicted octanol–water partition coefficient (Wildman–Crippen LogP) is 6.13. The Morgan fingerprint density at radius 3 is 2.44 bits per heavy atom. The number of carbonyl (C=O) groups is 1. The van der Waals surface area contributed by atoms with Crippen molar-refractivity contribution in [3.63, 3.8) is 0 Å². The molecule has 0 heterocycles. The zero-order valence-electron chi connectivity index (χ0n) is 19.6. The van der Waals surface area contributed by atoms with Gasteiger partial charge in [-0.1, -0.05) is 41.9 Å². The summed E-state index contributed by atoms with van der Waals surface area (Å²) < 4.78 is 28.8. The maximum absolute atomic E-state index is 13.1. The van der Waals surface area contributed by atoms with Crippen LogP contribution in [0.1, 0.15) is 64.0 Å². The van der Waals surface area contributed by atoms with Crippen LogP contribution in [0.5, 0.6) is 0 Å². The minimum atomic E-state index is -3.99. The smallest absolute Gasteiger partial charge is 0.263 e. The average Bonchev–Trinajstić information content (AvgIpc) is 2.81. The van der Waals surface area contributed by atoms with Crippen molar-refractivity contribution in [1.29, 1.82) is 0 Å². The molecule has 178 valence electrons. The first kappa shape index (κ1) is 24.3. The number of anilines is 1. The van der Waals surface area contributed by atoms with Crippen LogP contribution >= 0.6 is 11.6 Å². The SMILES string of the molecule is Cc1ccc(C)c(NS(=O)(=O)c2cc(C(=O)N[C@H](C)c3ccc4c(c3)CCCC4)ccc2Cl)c1. The summed E-state index contributed by atoms with van der Waals surface area (Å²) >= 11 is 6.24. The molecule has 0 saturated carbocycles. The van der Waals surface area contributed by atoms with Crippen molar-refractivity contribution < 1.29 is 13.2 Å². The molecule has 0 aromatic heterocycles. The molecule has 4 rings (SSSR count). The second-order valence-electron chi connectivity index (χ2n) is 9.00. The minimum Gasteiger partial charge on any atom is -0.346 e. The van der Waals surface area contributed by atoms with Crippen molar-refractivity contribution in [3.05, 3.63) is 93.0 Å². The third-order valence-electron chi connectivity index (χ3n) is 6.34. The monoisotopic (exact) mass is 496 g/mol. The number of nitrogens with one attached hydrogen (secondary N) is 2. The van der Waals surface area contributed by atoms with Crippen LogP contribution < -0.4 is 10.0 Å². The molecule has 0 bridgehead atoms. The van der Waals surface area contributed by atoms with E-state index in [1.54, 1.807) is 6.07 Å². The Hall–Kier alpha value is -2.83. The highest BCUT2D eigenvalue weighted by Gasteiger charge is 2.22. The van der Waals surface area contributed by atoms with Gasteiger partial charge in [0.15, 0.2) is 0 Å². The molecular weight excluding hydrogens is 468 g/mol. The first-order valence-electron chi connectivity index (χ1n) is 11.5. The molecule has 3 aromatic carbocycles. The maximum atomic E-state index is 13.1. The topological polar surface area (TPSA) is 75.3 Å². The third kappa shape index (κ3) is 5.29. The highest BCUT2D eigenvalue weighted by Crippen LogP contribution is 2.28. The summed E-state index contributed by atoms with van der Waals surface area (Å²) in [6.45, 7) is 5.64. The van der Waals surface area contributed by atoms with Gasteiger partial charge in [0.2, 0.25) is 0 Å². The van der Waals surface area contributed by atoms with E-state index in [1.807, 2.05) is 32.9 Å². The maximum Gasteiger partial charge on any atom is 0.263 e. The lowest BCUT2D eigenvalue weighted by Gasteiger charge is -2.20. The molecule has 1 aliphatic rings. The van der Waals surface area contributed by atoms with Crippen molar-refractivity contribution >= 4 is 33.2 Å². The Morgan fingerprint density at radius 1 is 0.941 bits per heavy atom. The van der Waals surface area contributed by atoms with E-state index in [1.165, 1.54) is 42.2 Å². The second kappa shape index (κ2) is 9.80. The molecule has 2 N–H and O–H groups in total. The van der Waals surface area contributed by atoms with Crippen LogP contribution in [0, 0.1) is 13.8 Å². The predicted molar refractivity (Wildman–Crippen MR) is 137 cm³/mol. The fraction of sp³-hybridized carbons (Fsp3) is 0.296. The molecule has 5 nitrogen and oxygen atoms in total. The molecule has 34 heavy (non-hydrogen) atoms. The van der Waals surface area contributed by atoms with E-state index in [0.717, 1.165) is 29.5 Å². The van der Waals surface area contributed by atoms with Gasteiger partial charge in [-0.05, 0) is 98.5 Å². The lowest BCUT2D eigenvalue weighted by atomic mass is 9.89. The Balaban J connectivity index is 1.55. The zero-order chi connectivity index (χ0) is 24.5. The van der Waals surface area contributed by atoms with Crippen LogP contribution in [-0.4, -0.2) is 14.3 Å². The minimum absolute atomic E-state index is 0.0529. The Bertz CT molecular complexity index is 1350. The van der Waals surface area contributed by atoms with Gasteiger partial charge in [0.1, 0.15) is 4.90 Å². The number of halogens is 1. The summed E-state index contributed by atoms with van der Waals surface area (Å²) in [5.74, 6) is -0.356. The lowest BCUT2D eigenvalue weighted by Crippen LogP contribution is -2.27. The van der Waals surface area contributed by atoms with Gasteiger partial charge in [0, 0.05) is 5.56 Å². The number of carbonyl (C=O) groups excluding carboxylic acids is 1. The van der Waals surface area contributed by atoms with Crippen LogP contribution in [0.25, 0.3) is 0 Å². The van der Waals surface area contributed by atoms with E-state index >= 15 is 0 Å². The van der Waals surface area contributed by atoms with Crippen molar-refractivity contribution in [2.45, 2.75) is 57.4 Å². The lowest BCUT2D eigenvalue weighted by molar-refractivity contribution is 0.0939. The van der Waals surface area contributed by atoms with Crippen LogP contribution in [0.2, 0.25) is 5.02 Å². The normalized spacial score (nSPS) is 14.2. The van der Waals surface area contributed by atoms with E-state index in [0.29, 0.717) is 5.69 Å². The van der Waals surface area contributed by atoms with Gasteiger partial charge in [-0.25, -0.2) is 8.42 Å².